The van der Waals surface area contributed by atoms with E-state index in [9.17, 15) is 9.18 Å². The van der Waals surface area contributed by atoms with Crippen molar-refractivity contribution in [3.63, 3.8) is 0 Å². The standard InChI is InChI=1S/C16H19FN2O2/c1-12-6-8-18-13(9-12)5-7-16(17)10-19(11-16)14(20)21-15(2,3)4/h6,8-9H,10-11H2,1-4H3. The summed E-state index contributed by atoms with van der Waals surface area (Å²) in [5.74, 6) is 5.28. The van der Waals surface area contributed by atoms with Crippen LogP contribution in [0.1, 0.15) is 32.0 Å². The van der Waals surface area contributed by atoms with Gasteiger partial charge in [0, 0.05) is 6.20 Å². The molecule has 21 heavy (non-hydrogen) atoms. The van der Waals surface area contributed by atoms with Crippen LogP contribution in [-0.4, -0.2) is 40.3 Å². The molecule has 0 unspecified atom stereocenters. The highest BCUT2D eigenvalue weighted by Gasteiger charge is 2.46. The van der Waals surface area contributed by atoms with Crippen LogP contribution in [0.15, 0.2) is 18.3 Å². The lowest BCUT2D eigenvalue weighted by Gasteiger charge is -2.41. The number of halogens is 1. The summed E-state index contributed by atoms with van der Waals surface area (Å²) in [6.07, 6.45) is 1.13. The van der Waals surface area contributed by atoms with Crippen molar-refractivity contribution in [3.05, 3.63) is 29.6 Å². The van der Waals surface area contributed by atoms with Crippen molar-refractivity contribution in [2.75, 3.05) is 13.1 Å². The topological polar surface area (TPSA) is 42.4 Å². The number of nitrogens with zero attached hydrogens (tertiary/aromatic N) is 2. The average molecular weight is 290 g/mol. The maximum absolute atomic E-state index is 14.3. The zero-order chi connectivity index (χ0) is 15.7. The molecule has 4 nitrogen and oxygen atoms in total. The lowest BCUT2D eigenvalue weighted by atomic mass is 9.97. The fourth-order valence-corrected chi connectivity index (χ4v) is 1.87. The first-order valence-corrected chi connectivity index (χ1v) is 6.80. The number of likely N-dealkylation sites (tertiary alicyclic amines) is 1. The highest BCUT2D eigenvalue weighted by atomic mass is 19.1. The SMILES string of the molecule is Cc1ccnc(C#CC2(F)CN(C(=O)OC(C)(C)C)C2)c1. The van der Waals surface area contributed by atoms with Crippen molar-refractivity contribution in [2.45, 2.75) is 39.0 Å². The largest absolute Gasteiger partial charge is 0.444 e. The Kier molecular flexibility index (Phi) is 3.91. The van der Waals surface area contributed by atoms with Gasteiger partial charge in [-0.25, -0.2) is 14.2 Å². The maximum Gasteiger partial charge on any atom is 0.410 e. The number of aromatic nitrogens is 1. The normalized spacial score (nSPS) is 16.5. The zero-order valence-corrected chi connectivity index (χ0v) is 12.7. The third-order valence-electron chi connectivity index (χ3n) is 2.86. The molecule has 1 aromatic heterocycles. The van der Waals surface area contributed by atoms with Crippen molar-refractivity contribution in [1.29, 1.82) is 0 Å². The van der Waals surface area contributed by atoms with Crippen molar-refractivity contribution < 1.29 is 13.9 Å². The Balaban J connectivity index is 1.95. The molecule has 5 heteroatoms. The van der Waals surface area contributed by atoms with Crippen molar-refractivity contribution >= 4 is 6.09 Å². The Morgan fingerprint density at radius 2 is 2.14 bits per heavy atom. The molecule has 112 valence electrons. The van der Waals surface area contributed by atoms with Crippen LogP contribution in [0.5, 0.6) is 0 Å². The van der Waals surface area contributed by atoms with Crippen molar-refractivity contribution in [3.8, 4) is 11.8 Å². The number of carbonyl (C=O) groups is 1. The second kappa shape index (κ2) is 5.36. The van der Waals surface area contributed by atoms with E-state index in [4.69, 9.17) is 4.74 Å². The van der Waals surface area contributed by atoms with Crippen LogP contribution in [0.25, 0.3) is 0 Å². The number of aryl methyl sites for hydroxylation is 1. The third kappa shape index (κ3) is 4.19. The molecule has 1 aliphatic heterocycles. The van der Waals surface area contributed by atoms with E-state index in [2.05, 4.69) is 16.8 Å². The molecule has 1 saturated heterocycles. The summed E-state index contributed by atoms with van der Waals surface area (Å²) in [6.45, 7) is 7.11. The van der Waals surface area contributed by atoms with Crippen LogP contribution in [0.2, 0.25) is 0 Å². The first kappa shape index (κ1) is 15.3. The number of carbonyl (C=O) groups excluding carboxylic acids is 1. The van der Waals surface area contributed by atoms with Crippen LogP contribution in [0.4, 0.5) is 9.18 Å². The van der Waals surface area contributed by atoms with Crippen LogP contribution in [-0.2, 0) is 4.74 Å². The summed E-state index contributed by atoms with van der Waals surface area (Å²) in [5.41, 5.74) is -0.709. The molecule has 0 bridgehead atoms. The predicted molar refractivity (Wildman–Crippen MR) is 77.5 cm³/mol. The maximum atomic E-state index is 14.3. The number of pyridine rings is 1. The van der Waals surface area contributed by atoms with Crippen molar-refractivity contribution in [2.24, 2.45) is 0 Å². The fourth-order valence-electron chi connectivity index (χ4n) is 1.87. The van der Waals surface area contributed by atoms with Crippen LogP contribution in [0, 0.1) is 18.8 Å². The molecule has 0 radical (unpaired) electrons. The van der Waals surface area contributed by atoms with E-state index in [-0.39, 0.29) is 13.1 Å². The first-order valence-electron chi connectivity index (χ1n) is 6.80. The van der Waals surface area contributed by atoms with Gasteiger partial charge in [-0.2, -0.15) is 0 Å². The van der Waals surface area contributed by atoms with Gasteiger partial charge < -0.3 is 4.74 Å². The Morgan fingerprint density at radius 1 is 1.48 bits per heavy atom. The minimum atomic E-state index is -1.68. The third-order valence-corrected chi connectivity index (χ3v) is 2.86. The van der Waals surface area contributed by atoms with Gasteiger partial charge in [0.05, 0.1) is 13.1 Å². The summed E-state index contributed by atoms with van der Waals surface area (Å²) in [7, 11) is 0. The van der Waals surface area contributed by atoms with Crippen molar-refractivity contribution in [1.82, 2.24) is 9.88 Å². The number of amides is 1. The van der Waals surface area contributed by atoms with E-state index in [0.717, 1.165) is 5.56 Å². The molecule has 1 fully saturated rings. The smallest absolute Gasteiger partial charge is 0.410 e. The molecule has 0 aliphatic carbocycles. The molecule has 2 rings (SSSR count). The van der Waals surface area contributed by atoms with Crippen LogP contribution >= 0.6 is 0 Å². The monoisotopic (exact) mass is 290 g/mol. The number of alkyl halides is 1. The minimum Gasteiger partial charge on any atom is -0.444 e. The molecular weight excluding hydrogens is 271 g/mol. The second-order valence-electron chi connectivity index (χ2n) is 6.27. The van der Waals surface area contributed by atoms with E-state index >= 15 is 0 Å². The lowest BCUT2D eigenvalue weighted by molar-refractivity contribution is -0.0271. The summed E-state index contributed by atoms with van der Waals surface area (Å²) in [6, 6.07) is 3.64. The van der Waals surface area contributed by atoms with Gasteiger partial charge in [0.25, 0.3) is 0 Å². The minimum absolute atomic E-state index is 0.0687. The summed E-state index contributed by atoms with van der Waals surface area (Å²) in [5, 5.41) is 0. The number of hydrogen-bond acceptors (Lipinski definition) is 3. The highest BCUT2D eigenvalue weighted by Crippen LogP contribution is 2.26. The molecule has 1 amide bonds. The van der Waals surface area contributed by atoms with E-state index in [1.807, 2.05) is 13.0 Å². The molecule has 0 N–H and O–H groups in total. The average Bonchev–Trinajstić information content (AvgIpc) is 2.31. The molecule has 1 aromatic rings. The summed E-state index contributed by atoms with van der Waals surface area (Å²) >= 11 is 0. The Labute approximate surface area is 124 Å². The Bertz CT molecular complexity index is 605. The predicted octanol–water partition coefficient (Wildman–Crippen LogP) is 2.70. The molecular formula is C16H19FN2O2. The van der Waals surface area contributed by atoms with Gasteiger partial charge in [-0.15, -0.1) is 0 Å². The first-order chi connectivity index (χ1) is 9.67. The van der Waals surface area contributed by atoms with Gasteiger partial charge in [-0.1, -0.05) is 5.92 Å². The molecule has 0 saturated carbocycles. The highest BCUT2D eigenvalue weighted by molar-refractivity contribution is 5.70. The zero-order valence-electron chi connectivity index (χ0n) is 12.7. The summed E-state index contributed by atoms with van der Waals surface area (Å²) < 4.78 is 19.5. The number of rotatable bonds is 0. The van der Waals surface area contributed by atoms with E-state index in [0.29, 0.717) is 5.69 Å². The fraction of sp³-hybridized carbons (Fsp3) is 0.500. The number of ether oxygens (including phenoxy) is 1. The molecule has 0 atom stereocenters. The summed E-state index contributed by atoms with van der Waals surface area (Å²) in [4.78, 5) is 17.1. The Hall–Kier alpha value is -2.09. The van der Waals surface area contributed by atoms with E-state index in [1.54, 1.807) is 33.0 Å². The number of hydrogen-bond donors (Lipinski definition) is 0. The molecule has 0 aromatic carbocycles. The lowest BCUT2D eigenvalue weighted by Crippen LogP contribution is -2.61. The quantitative estimate of drug-likeness (QED) is 0.690. The van der Waals surface area contributed by atoms with Gasteiger partial charge in [-0.05, 0) is 51.3 Å². The second-order valence-corrected chi connectivity index (χ2v) is 6.27. The van der Waals surface area contributed by atoms with Gasteiger partial charge >= 0.3 is 6.09 Å². The van der Waals surface area contributed by atoms with E-state index in [1.165, 1.54) is 4.90 Å². The van der Waals surface area contributed by atoms with E-state index < -0.39 is 17.4 Å². The molecule has 0 spiro atoms. The molecule has 1 aliphatic rings. The molecule has 2 heterocycles. The van der Waals surface area contributed by atoms with Gasteiger partial charge in [0.15, 0.2) is 0 Å². The Morgan fingerprint density at radius 3 is 2.71 bits per heavy atom. The van der Waals surface area contributed by atoms with Gasteiger partial charge in [0.1, 0.15) is 11.3 Å². The van der Waals surface area contributed by atoms with Gasteiger partial charge in [0.2, 0.25) is 5.67 Å². The van der Waals surface area contributed by atoms with Gasteiger partial charge in [-0.3, -0.25) is 4.90 Å². The van der Waals surface area contributed by atoms with Crippen LogP contribution < -0.4 is 0 Å². The van der Waals surface area contributed by atoms with Crippen LogP contribution in [0.3, 0.4) is 0 Å².